The number of anilines is 1. The van der Waals surface area contributed by atoms with Crippen LogP contribution in [0, 0.1) is 12.8 Å². The highest BCUT2D eigenvalue weighted by molar-refractivity contribution is 5.58. The smallest absolute Gasteiger partial charge is 0.141 e. The number of hydrogen-bond donors (Lipinski definition) is 1. The third-order valence-corrected chi connectivity index (χ3v) is 4.10. The molecule has 100 valence electrons. The maximum atomic E-state index is 5.43. The van der Waals surface area contributed by atoms with Crippen molar-refractivity contribution in [3.05, 3.63) is 23.8 Å². The molecule has 1 aliphatic carbocycles. The summed E-state index contributed by atoms with van der Waals surface area (Å²) in [5.74, 6) is 1.76. The van der Waals surface area contributed by atoms with Gasteiger partial charge in [-0.3, -0.25) is 0 Å². The number of ether oxygens (including phenoxy) is 1. The Labute approximate surface area is 111 Å². The van der Waals surface area contributed by atoms with Crippen molar-refractivity contribution in [2.45, 2.75) is 52.0 Å². The van der Waals surface area contributed by atoms with Crippen molar-refractivity contribution < 1.29 is 4.74 Å². The molecule has 2 rings (SSSR count). The van der Waals surface area contributed by atoms with Crippen molar-refractivity contribution in [1.82, 2.24) is 0 Å². The highest BCUT2D eigenvalue weighted by Gasteiger charge is 2.20. The Morgan fingerprint density at radius 3 is 2.61 bits per heavy atom. The summed E-state index contributed by atoms with van der Waals surface area (Å²) in [6, 6.07) is 6.85. The lowest BCUT2D eigenvalue weighted by atomic mass is 9.84. The minimum absolute atomic E-state index is 0.529. The van der Waals surface area contributed by atoms with Gasteiger partial charge in [-0.15, -0.1) is 0 Å². The first kappa shape index (κ1) is 13.3. The summed E-state index contributed by atoms with van der Waals surface area (Å²) >= 11 is 0. The molecule has 0 heterocycles. The van der Waals surface area contributed by atoms with Gasteiger partial charge in [0.1, 0.15) is 5.75 Å². The van der Waals surface area contributed by atoms with Crippen LogP contribution in [0.5, 0.6) is 5.75 Å². The van der Waals surface area contributed by atoms with E-state index in [-0.39, 0.29) is 0 Å². The van der Waals surface area contributed by atoms with Crippen LogP contribution in [0.4, 0.5) is 5.69 Å². The topological polar surface area (TPSA) is 21.3 Å². The third kappa shape index (κ3) is 3.18. The Bertz CT molecular complexity index is 383. The molecule has 1 fully saturated rings. The van der Waals surface area contributed by atoms with E-state index in [1.54, 1.807) is 7.11 Å². The zero-order valence-electron chi connectivity index (χ0n) is 11.8. The lowest BCUT2D eigenvalue weighted by molar-refractivity contribution is 0.327. The molecule has 0 radical (unpaired) electrons. The molecule has 0 saturated heterocycles. The summed E-state index contributed by atoms with van der Waals surface area (Å²) in [7, 11) is 1.74. The van der Waals surface area contributed by atoms with E-state index in [1.165, 1.54) is 37.7 Å². The standard InChI is InChI=1S/C16H25NO/c1-12-9-10-16(18-3)15(11-12)17-13(2)14-7-5-4-6-8-14/h9-11,13-14,17H,4-8H2,1-3H3. The highest BCUT2D eigenvalue weighted by Crippen LogP contribution is 2.31. The molecule has 0 bridgehead atoms. The SMILES string of the molecule is COc1ccc(C)cc1NC(C)C1CCCCC1. The summed E-state index contributed by atoms with van der Waals surface area (Å²) in [6.07, 6.45) is 6.92. The van der Waals surface area contributed by atoms with E-state index in [1.807, 2.05) is 6.07 Å². The van der Waals surface area contributed by atoms with Crippen molar-refractivity contribution in [1.29, 1.82) is 0 Å². The van der Waals surface area contributed by atoms with Gasteiger partial charge in [-0.05, 0) is 50.3 Å². The highest BCUT2D eigenvalue weighted by atomic mass is 16.5. The second-order valence-electron chi connectivity index (χ2n) is 5.53. The molecule has 1 unspecified atom stereocenters. The lowest BCUT2D eigenvalue weighted by Gasteiger charge is -2.29. The van der Waals surface area contributed by atoms with Crippen LogP contribution >= 0.6 is 0 Å². The van der Waals surface area contributed by atoms with Gasteiger partial charge in [-0.1, -0.05) is 25.3 Å². The minimum Gasteiger partial charge on any atom is -0.495 e. The zero-order valence-corrected chi connectivity index (χ0v) is 11.8. The Balaban J connectivity index is 2.05. The molecule has 1 atom stereocenters. The number of nitrogens with one attached hydrogen (secondary N) is 1. The third-order valence-electron chi connectivity index (χ3n) is 4.10. The van der Waals surface area contributed by atoms with Gasteiger partial charge in [-0.2, -0.15) is 0 Å². The Morgan fingerprint density at radius 2 is 1.94 bits per heavy atom. The van der Waals surface area contributed by atoms with E-state index >= 15 is 0 Å². The quantitative estimate of drug-likeness (QED) is 0.852. The fourth-order valence-electron chi connectivity index (χ4n) is 2.93. The maximum absolute atomic E-state index is 5.43. The summed E-state index contributed by atoms with van der Waals surface area (Å²) < 4.78 is 5.43. The van der Waals surface area contributed by atoms with E-state index in [4.69, 9.17) is 4.74 Å². The molecule has 2 nitrogen and oxygen atoms in total. The Kier molecular flexibility index (Phi) is 4.51. The first-order valence-corrected chi connectivity index (χ1v) is 7.12. The van der Waals surface area contributed by atoms with Crippen LogP contribution in [0.15, 0.2) is 18.2 Å². The number of rotatable bonds is 4. The van der Waals surface area contributed by atoms with E-state index in [0.717, 1.165) is 17.4 Å². The van der Waals surface area contributed by atoms with Crippen molar-refractivity contribution in [3.8, 4) is 5.75 Å². The largest absolute Gasteiger partial charge is 0.495 e. The van der Waals surface area contributed by atoms with Gasteiger partial charge in [0, 0.05) is 6.04 Å². The fourth-order valence-corrected chi connectivity index (χ4v) is 2.93. The predicted molar refractivity (Wildman–Crippen MR) is 77.4 cm³/mol. The molecular formula is C16H25NO. The van der Waals surface area contributed by atoms with Gasteiger partial charge in [0.15, 0.2) is 0 Å². The molecule has 1 N–H and O–H groups in total. The van der Waals surface area contributed by atoms with Gasteiger partial charge < -0.3 is 10.1 Å². The van der Waals surface area contributed by atoms with Crippen LogP contribution in [0.1, 0.15) is 44.6 Å². The average molecular weight is 247 g/mol. The van der Waals surface area contributed by atoms with Gasteiger partial charge in [-0.25, -0.2) is 0 Å². The molecule has 1 aromatic carbocycles. The van der Waals surface area contributed by atoms with Gasteiger partial charge >= 0.3 is 0 Å². The fraction of sp³-hybridized carbons (Fsp3) is 0.625. The molecule has 1 aromatic rings. The van der Waals surface area contributed by atoms with Gasteiger partial charge in [0.05, 0.1) is 12.8 Å². The van der Waals surface area contributed by atoms with E-state index < -0.39 is 0 Å². The summed E-state index contributed by atoms with van der Waals surface area (Å²) in [5.41, 5.74) is 2.41. The number of benzene rings is 1. The monoisotopic (exact) mass is 247 g/mol. The van der Waals surface area contributed by atoms with Crippen molar-refractivity contribution in [3.63, 3.8) is 0 Å². The van der Waals surface area contributed by atoms with Crippen LogP contribution in [-0.4, -0.2) is 13.2 Å². The van der Waals surface area contributed by atoms with Gasteiger partial charge in [0.25, 0.3) is 0 Å². The van der Waals surface area contributed by atoms with E-state index in [2.05, 4.69) is 31.3 Å². The molecule has 18 heavy (non-hydrogen) atoms. The van der Waals surface area contributed by atoms with Crippen molar-refractivity contribution in [2.75, 3.05) is 12.4 Å². The van der Waals surface area contributed by atoms with Crippen LogP contribution in [0.25, 0.3) is 0 Å². The zero-order chi connectivity index (χ0) is 13.0. The molecule has 2 heteroatoms. The second-order valence-corrected chi connectivity index (χ2v) is 5.53. The predicted octanol–water partition coefficient (Wildman–Crippen LogP) is 4.38. The Morgan fingerprint density at radius 1 is 1.22 bits per heavy atom. The lowest BCUT2D eigenvalue weighted by Crippen LogP contribution is -2.27. The van der Waals surface area contributed by atoms with Crippen molar-refractivity contribution in [2.24, 2.45) is 5.92 Å². The number of methoxy groups -OCH3 is 1. The molecule has 0 aliphatic heterocycles. The van der Waals surface area contributed by atoms with E-state index in [0.29, 0.717) is 6.04 Å². The van der Waals surface area contributed by atoms with Crippen LogP contribution < -0.4 is 10.1 Å². The molecule has 0 aromatic heterocycles. The Hall–Kier alpha value is -1.18. The summed E-state index contributed by atoms with van der Waals surface area (Å²) in [4.78, 5) is 0. The summed E-state index contributed by atoms with van der Waals surface area (Å²) in [5, 5.41) is 3.65. The molecule has 1 aliphatic rings. The number of hydrogen-bond acceptors (Lipinski definition) is 2. The molecule has 1 saturated carbocycles. The molecular weight excluding hydrogens is 222 g/mol. The van der Waals surface area contributed by atoms with Gasteiger partial charge in [0.2, 0.25) is 0 Å². The van der Waals surface area contributed by atoms with Crippen molar-refractivity contribution >= 4 is 5.69 Å². The normalized spacial score (nSPS) is 18.4. The summed E-state index contributed by atoms with van der Waals surface area (Å²) in [6.45, 7) is 4.42. The first-order valence-electron chi connectivity index (χ1n) is 7.12. The van der Waals surface area contributed by atoms with Crippen LogP contribution in [0.3, 0.4) is 0 Å². The average Bonchev–Trinajstić information content (AvgIpc) is 2.40. The second kappa shape index (κ2) is 6.12. The van der Waals surface area contributed by atoms with Crippen LogP contribution in [-0.2, 0) is 0 Å². The molecule has 0 spiro atoms. The van der Waals surface area contributed by atoms with E-state index in [9.17, 15) is 0 Å². The van der Waals surface area contributed by atoms with Crippen LogP contribution in [0.2, 0.25) is 0 Å². The minimum atomic E-state index is 0.529. The number of aryl methyl sites for hydroxylation is 1. The maximum Gasteiger partial charge on any atom is 0.141 e. The molecule has 0 amide bonds. The first-order chi connectivity index (χ1) is 8.70.